The largest absolute Gasteiger partial charge is 0.399 e. The van der Waals surface area contributed by atoms with E-state index in [9.17, 15) is 9.90 Å². The number of aliphatic hydroxyl groups is 1. The van der Waals surface area contributed by atoms with Gasteiger partial charge in [-0.15, -0.1) is 0 Å². The molecule has 20 heavy (non-hydrogen) atoms. The second-order valence-corrected chi connectivity index (χ2v) is 5.47. The van der Waals surface area contributed by atoms with Gasteiger partial charge in [-0.3, -0.25) is 9.69 Å². The molecule has 1 atom stereocenters. The predicted molar refractivity (Wildman–Crippen MR) is 79.1 cm³/mol. The Hall–Kier alpha value is -1.59. The number of rotatable bonds is 5. The van der Waals surface area contributed by atoms with E-state index in [0.29, 0.717) is 18.8 Å². The molecule has 1 unspecified atom stereocenters. The molecule has 0 aromatic heterocycles. The van der Waals surface area contributed by atoms with Gasteiger partial charge in [0.25, 0.3) is 0 Å². The second kappa shape index (κ2) is 6.72. The number of nitrogens with zero attached hydrogens (tertiary/aromatic N) is 2. The average Bonchev–Trinajstić information content (AvgIpc) is 2.93. The summed E-state index contributed by atoms with van der Waals surface area (Å²) in [5.74, 6) is 0.148. The van der Waals surface area contributed by atoms with Crippen molar-refractivity contribution in [2.24, 2.45) is 0 Å². The zero-order chi connectivity index (χ0) is 14.5. The Morgan fingerprint density at radius 3 is 2.55 bits per heavy atom. The molecule has 1 aromatic rings. The van der Waals surface area contributed by atoms with Crippen molar-refractivity contribution in [2.45, 2.75) is 18.9 Å². The number of hydrogen-bond acceptors (Lipinski definition) is 4. The summed E-state index contributed by atoms with van der Waals surface area (Å²) in [5, 5.41) is 10.2. The molecular formula is C15H23N3O2. The van der Waals surface area contributed by atoms with Gasteiger partial charge in [0.2, 0.25) is 5.91 Å². The van der Waals surface area contributed by atoms with Crippen molar-refractivity contribution in [1.29, 1.82) is 0 Å². The van der Waals surface area contributed by atoms with E-state index in [1.54, 1.807) is 12.1 Å². The second-order valence-electron chi connectivity index (χ2n) is 5.47. The zero-order valence-electron chi connectivity index (χ0n) is 12.0. The lowest BCUT2D eigenvalue weighted by Crippen LogP contribution is -2.38. The highest BCUT2D eigenvalue weighted by atomic mass is 16.3. The third kappa shape index (κ3) is 3.95. The molecule has 5 nitrogen and oxygen atoms in total. The molecule has 0 aliphatic carbocycles. The minimum atomic E-state index is -0.605. The van der Waals surface area contributed by atoms with Crippen LogP contribution in [0, 0.1) is 0 Å². The molecular weight excluding hydrogens is 254 g/mol. The Labute approximate surface area is 120 Å². The number of amides is 1. The van der Waals surface area contributed by atoms with Crippen LogP contribution in [0.5, 0.6) is 0 Å². The van der Waals surface area contributed by atoms with Gasteiger partial charge in [0.1, 0.15) is 0 Å². The monoisotopic (exact) mass is 277 g/mol. The van der Waals surface area contributed by atoms with Gasteiger partial charge in [-0.1, -0.05) is 12.1 Å². The SMILES string of the molecule is CN(CC(=O)N1CCCC1)CC(O)c1ccc(N)cc1. The maximum atomic E-state index is 12.0. The normalized spacial score (nSPS) is 16.6. The van der Waals surface area contributed by atoms with Crippen molar-refractivity contribution < 1.29 is 9.90 Å². The summed E-state index contributed by atoms with van der Waals surface area (Å²) in [4.78, 5) is 15.8. The fourth-order valence-electron chi connectivity index (χ4n) is 2.48. The fourth-order valence-corrected chi connectivity index (χ4v) is 2.48. The number of carbonyl (C=O) groups excluding carboxylic acids is 1. The summed E-state index contributed by atoms with van der Waals surface area (Å²) in [6, 6.07) is 7.17. The van der Waals surface area contributed by atoms with Gasteiger partial charge in [0.05, 0.1) is 12.6 Å². The van der Waals surface area contributed by atoms with E-state index in [0.717, 1.165) is 31.5 Å². The molecule has 0 bridgehead atoms. The van der Waals surface area contributed by atoms with Gasteiger partial charge < -0.3 is 15.7 Å². The molecule has 1 aromatic carbocycles. The highest BCUT2D eigenvalue weighted by Gasteiger charge is 2.20. The number of anilines is 1. The van der Waals surface area contributed by atoms with E-state index in [-0.39, 0.29) is 5.91 Å². The number of aliphatic hydroxyl groups excluding tert-OH is 1. The maximum Gasteiger partial charge on any atom is 0.236 e. The molecule has 1 aliphatic heterocycles. The lowest BCUT2D eigenvalue weighted by atomic mass is 10.1. The molecule has 1 saturated heterocycles. The summed E-state index contributed by atoms with van der Waals surface area (Å²) in [5.41, 5.74) is 7.12. The summed E-state index contributed by atoms with van der Waals surface area (Å²) < 4.78 is 0. The average molecular weight is 277 g/mol. The number of nitrogen functional groups attached to an aromatic ring is 1. The number of nitrogens with two attached hydrogens (primary N) is 1. The standard InChI is InChI=1S/C15H23N3O2/c1-17(11-15(20)18-8-2-3-9-18)10-14(19)12-4-6-13(16)7-5-12/h4-7,14,19H,2-3,8-11,16H2,1H3. The Kier molecular flexibility index (Phi) is 4.98. The summed E-state index contributed by atoms with van der Waals surface area (Å²) >= 11 is 0. The summed E-state index contributed by atoms with van der Waals surface area (Å²) in [7, 11) is 1.86. The number of hydrogen-bond donors (Lipinski definition) is 2. The van der Waals surface area contributed by atoms with Gasteiger partial charge >= 0.3 is 0 Å². The van der Waals surface area contributed by atoms with Crippen LogP contribution >= 0.6 is 0 Å². The van der Waals surface area contributed by atoms with Gasteiger partial charge in [-0.2, -0.15) is 0 Å². The van der Waals surface area contributed by atoms with Gasteiger partial charge in [-0.25, -0.2) is 0 Å². The van der Waals surface area contributed by atoms with E-state index in [1.165, 1.54) is 0 Å². The van der Waals surface area contributed by atoms with Crippen LogP contribution in [0.2, 0.25) is 0 Å². The Bertz CT molecular complexity index is 441. The van der Waals surface area contributed by atoms with Gasteiger partial charge in [-0.05, 0) is 37.6 Å². The van der Waals surface area contributed by atoms with E-state index in [2.05, 4.69) is 0 Å². The first-order valence-electron chi connectivity index (χ1n) is 7.06. The quantitative estimate of drug-likeness (QED) is 0.783. The molecule has 2 rings (SSSR count). The van der Waals surface area contributed by atoms with Crippen molar-refractivity contribution in [3.63, 3.8) is 0 Å². The van der Waals surface area contributed by atoms with E-state index < -0.39 is 6.10 Å². The minimum absolute atomic E-state index is 0.148. The Balaban J connectivity index is 1.82. The van der Waals surface area contributed by atoms with Crippen LogP contribution in [0.3, 0.4) is 0 Å². The van der Waals surface area contributed by atoms with Crippen LogP contribution in [0.4, 0.5) is 5.69 Å². The smallest absolute Gasteiger partial charge is 0.236 e. The maximum absolute atomic E-state index is 12.0. The first-order chi connectivity index (χ1) is 9.56. The number of carbonyl (C=O) groups is 1. The molecule has 0 radical (unpaired) electrons. The Morgan fingerprint density at radius 2 is 1.95 bits per heavy atom. The zero-order valence-corrected chi connectivity index (χ0v) is 12.0. The molecule has 0 saturated carbocycles. The number of likely N-dealkylation sites (N-methyl/N-ethyl adjacent to an activating group) is 1. The molecule has 110 valence electrons. The molecule has 1 fully saturated rings. The van der Waals surface area contributed by atoms with Crippen LogP contribution in [-0.2, 0) is 4.79 Å². The van der Waals surface area contributed by atoms with E-state index in [1.807, 2.05) is 29.0 Å². The molecule has 0 spiro atoms. The van der Waals surface area contributed by atoms with Crippen LogP contribution in [0.1, 0.15) is 24.5 Å². The van der Waals surface area contributed by atoms with Crippen LogP contribution in [0.15, 0.2) is 24.3 Å². The van der Waals surface area contributed by atoms with E-state index >= 15 is 0 Å². The minimum Gasteiger partial charge on any atom is -0.399 e. The third-order valence-corrected chi connectivity index (χ3v) is 3.67. The highest BCUT2D eigenvalue weighted by molar-refractivity contribution is 5.78. The summed E-state index contributed by atoms with van der Waals surface area (Å²) in [6.45, 7) is 2.52. The summed E-state index contributed by atoms with van der Waals surface area (Å²) in [6.07, 6.45) is 1.60. The number of benzene rings is 1. The van der Waals surface area contributed by atoms with Crippen molar-refractivity contribution in [2.75, 3.05) is 39.0 Å². The lowest BCUT2D eigenvalue weighted by Gasteiger charge is -2.23. The van der Waals surface area contributed by atoms with Crippen LogP contribution in [-0.4, -0.2) is 54.0 Å². The molecule has 1 amide bonds. The topological polar surface area (TPSA) is 69.8 Å². The predicted octanol–water partition coefficient (Wildman–Crippen LogP) is 0.856. The first kappa shape index (κ1) is 14.8. The van der Waals surface area contributed by atoms with Crippen molar-refractivity contribution in [3.05, 3.63) is 29.8 Å². The molecule has 1 heterocycles. The van der Waals surface area contributed by atoms with Crippen LogP contribution in [0.25, 0.3) is 0 Å². The highest BCUT2D eigenvalue weighted by Crippen LogP contribution is 2.16. The van der Waals surface area contributed by atoms with Crippen molar-refractivity contribution >= 4 is 11.6 Å². The Morgan fingerprint density at radius 1 is 1.35 bits per heavy atom. The number of likely N-dealkylation sites (tertiary alicyclic amines) is 1. The molecule has 3 N–H and O–H groups in total. The van der Waals surface area contributed by atoms with Crippen LogP contribution < -0.4 is 5.73 Å². The molecule has 1 aliphatic rings. The van der Waals surface area contributed by atoms with Gasteiger partial charge in [0, 0.05) is 25.3 Å². The lowest BCUT2D eigenvalue weighted by molar-refractivity contribution is -0.131. The van der Waals surface area contributed by atoms with E-state index in [4.69, 9.17) is 5.73 Å². The fraction of sp³-hybridized carbons (Fsp3) is 0.533. The molecule has 5 heteroatoms. The van der Waals surface area contributed by atoms with Crippen molar-refractivity contribution in [1.82, 2.24) is 9.80 Å². The van der Waals surface area contributed by atoms with Crippen molar-refractivity contribution in [3.8, 4) is 0 Å². The van der Waals surface area contributed by atoms with Gasteiger partial charge in [0.15, 0.2) is 0 Å². The third-order valence-electron chi connectivity index (χ3n) is 3.67. The first-order valence-corrected chi connectivity index (χ1v) is 7.06.